The van der Waals surface area contributed by atoms with Crippen molar-refractivity contribution in [2.45, 2.75) is 20.0 Å². The zero-order chi connectivity index (χ0) is 14.3. The van der Waals surface area contributed by atoms with E-state index < -0.39 is 20.1 Å². The lowest BCUT2D eigenvalue weighted by Gasteiger charge is -2.07. The summed E-state index contributed by atoms with van der Waals surface area (Å²) in [6, 6.07) is 5.44. The van der Waals surface area contributed by atoms with Gasteiger partial charge in [0.05, 0.1) is 11.7 Å². The molecule has 0 aliphatic heterocycles. The van der Waals surface area contributed by atoms with Crippen LogP contribution in [0.15, 0.2) is 24.3 Å². The van der Waals surface area contributed by atoms with Gasteiger partial charge in [0.2, 0.25) is 0 Å². The zero-order valence-corrected chi connectivity index (χ0v) is 11.9. The third-order valence-corrected chi connectivity index (χ3v) is 1.40. The minimum Gasteiger partial charge on any atom is -0.459 e. The van der Waals surface area contributed by atoms with E-state index in [-0.39, 0.29) is 11.7 Å². The smallest absolute Gasteiger partial charge is 0.338 e. The lowest BCUT2D eigenvalue weighted by atomic mass is 10.2. The number of ether oxygens (including phenoxy) is 1. The molecule has 0 amide bonds. The van der Waals surface area contributed by atoms with Crippen molar-refractivity contribution in [1.82, 2.24) is 0 Å². The van der Waals surface area contributed by atoms with E-state index in [1.807, 2.05) is 0 Å². The van der Waals surface area contributed by atoms with Crippen molar-refractivity contribution in [2.75, 3.05) is 0 Å². The first-order valence-electron chi connectivity index (χ1n) is 4.70. The molecule has 0 N–H and O–H groups in total. The molecule has 0 bridgehead atoms. The largest absolute Gasteiger partial charge is 0.459 e. The van der Waals surface area contributed by atoms with Gasteiger partial charge < -0.3 is 4.74 Å². The van der Waals surface area contributed by atoms with E-state index in [4.69, 9.17) is 13.2 Å². The van der Waals surface area contributed by atoms with Crippen LogP contribution >= 0.6 is 21.4 Å². The highest BCUT2D eigenvalue weighted by molar-refractivity contribution is 8.31. The monoisotopic (exact) mass is 316 g/mol. The molecule has 102 valence electrons. The van der Waals surface area contributed by atoms with Crippen molar-refractivity contribution < 1.29 is 22.3 Å². The molecule has 0 aliphatic carbocycles. The summed E-state index contributed by atoms with van der Waals surface area (Å²) in [7, 11) is 4.81. The van der Waals surface area contributed by atoms with Crippen molar-refractivity contribution in [1.29, 1.82) is 0 Å². The minimum atomic E-state index is -3.72. The van der Waals surface area contributed by atoms with E-state index in [9.17, 15) is 9.18 Å². The Labute approximate surface area is 114 Å². The lowest BCUT2D eigenvalue weighted by Crippen LogP contribution is -2.11. The van der Waals surface area contributed by atoms with Crippen LogP contribution in [0.2, 0.25) is 0 Å². The van der Waals surface area contributed by atoms with Gasteiger partial charge in [-0.15, -0.1) is 0 Å². The Morgan fingerprint density at radius 2 is 1.83 bits per heavy atom. The molecule has 0 atom stereocenters. The summed E-state index contributed by atoms with van der Waals surface area (Å²) in [6.07, 6.45) is -0.184. The van der Waals surface area contributed by atoms with E-state index in [2.05, 4.69) is 21.4 Å². The maximum absolute atomic E-state index is 12.7. The summed E-state index contributed by atoms with van der Waals surface area (Å²) in [4.78, 5) is 11.2. The van der Waals surface area contributed by atoms with E-state index in [1.165, 1.54) is 18.2 Å². The average molecular weight is 317 g/mol. The fourth-order valence-corrected chi connectivity index (χ4v) is 0.898. The third kappa shape index (κ3) is 10.3. The van der Waals surface area contributed by atoms with Crippen LogP contribution in [-0.4, -0.2) is 20.5 Å². The first-order chi connectivity index (χ1) is 8.09. The molecule has 0 saturated carbocycles. The Balaban J connectivity index is 0.000000494. The molecule has 0 spiro atoms. The predicted octanol–water partition coefficient (Wildman–Crippen LogP) is 3.10. The van der Waals surface area contributed by atoms with Crippen LogP contribution in [0.1, 0.15) is 24.2 Å². The van der Waals surface area contributed by atoms with Gasteiger partial charge in [-0.3, -0.25) is 0 Å². The molecule has 0 aliphatic rings. The highest BCUT2D eigenvalue weighted by atomic mass is 36.0. The number of rotatable bonds is 2. The number of hydrogen-bond acceptors (Lipinski definition) is 4. The summed E-state index contributed by atoms with van der Waals surface area (Å²) in [5, 5.41) is 0. The summed E-state index contributed by atoms with van der Waals surface area (Å²) in [5.74, 6) is -0.923. The average Bonchev–Trinajstić information content (AvgIpc) is 2.13. The van der Waals surface area contributed by atoms with E-state index >= 15 is 0 Å². The quantitative estimate of drug-likeness (QED) is 0.621. The highest BCUT2D eigenvalue weighted by Crippen LogP contribution is 2.06. The maximum atomic E-state index is 12.7. The summed E-state index contributed by atoms with van der Waals surface area (Å²) < 4.78 is 35.9. The van der Waals surface area contributed by atoms with Gasteiger partial charge in [-0.2, -0.15) is 8.42 Å². The second-order valence-corrected chi connectivity index (χ2v) is 7.01. The van der Waals surface area contributed by atoms with Crippen molar-refractivity contribution in [3.05, 3.63) is 35.6 Å². The molecule has 1 rings (SSSR count). The first-order valence-corrected chi connectivity index (χ1v) is 7.84. The number of carbonyl (C=O) groups is 1. The summed E-state index contributed by atoms with van der Waals surface area (Å²) >= 11 is 0. The van der Waals surface area contributed by atoms with Crippen LogP contribution in [0.5, 0.6) is 0 Å². The SMILES string of the molecule is CC(C)OC(=O)c1cccc(F)c1.O=S(=O)(Cl)Cl. The number of hydrogen-bond donors (Lipinski definition) is 0. The molecule has 0 fully saturated rings. The molecule has 0 unspecified atom stereocenters. The van der Waals surface area contributed by atoms with Crippen LogP contribution in [0.4, 0.5) is 4.39 Å². The fraction of sp³-hybridized carbons (Fsp3) is 0.300. The van der Waals surface area contributed by atoms with Gasteiger partial charge in [0.1, 0.15) is 5.82 Å². The van der Waals surface area contributed by atoms with Crippen molar-refractivity contribution in [3.8, 4) is 0 Å². The van der Waals surface area contributed by atoms with Gasteiger partial charge in [-0.05, 0) is 32.0 Å². The van der Waals surface area contributed by atoms with E-state index in [1.54, 1.807) is 13.8 Å². The molecule has 0 aromatic heterocycles. The number of halogens is 3. The van der Waals surface area contributed by atoms with Crippen molar-refractivity contribution >= 4 is 35.6 Å². The second kappa shape index (κ2) is 7.56. The molecule has 8 heteroatoms. The topological polar surface area (TPSA) is 60.4 Å². The lowest BCUT2D eigenvalue weighted by molar-refractivity contribution is 0.0377. The van der Waals surface area contributed by atoms with Crippen LogP contribution in [0.25, 0.3) is 0 Å². The molecule has 18 heavy (non-hydrogen) atoms. The van der Waals surface area contributed by atoms with Crippen LogP contribution in [0.3, 0.4) is 0 Å². The van der Waals surface area contributed by atoms with Crippen LogP contribution in [-0.2, 0) is 13.0 Å². The Morgan fingerprint density at radius 1 is 1.33 bits per heavy atom. The Morgan fingerprint density at radius 3 is 2.22 bits per heavy atom. The number of esters is 1. The highest BCUT2D eigenvalue weighted by Gasteiger charge is 2.08. The normalized spacial score (nSPS) is 10.6. The van der Waals surface area contributed by atoms with Gasteiger partial charge in [-0.1, -0.05) is 6.07 Å². The molecular weight excluding hydrogens is 306 g/mol. The van der Waals surface area contributed by atoms with E-state index in [0.717, 1.165) is 6.07 Å². The summed E-state index contributed by atoms with van der Waals surface area (Å²) in [5.41, 5.74) is 0.244. The van der Waals surface area contributed by atoms with Crippen molar-refractivity contribution in [2.24, 2.45) is 0 Å². The van der Waals surface area contributed by atoms with E-state index in [0.29, 0.717) is 0 Å². The van der Waals surface area contributed by atoms with Gasteiger partial charge in [0.15, 0.2) is 0 Å². The Bertz CT molecular complexity index is 494. The van der Waals surface area contributed by atoms with Gasteiger partial charge >= 0.3 is 14.2 Å². The van der Waals surface area contributed by atoms with Gasteiger partial charge in [0.25, 0.3) is 0 Å². The second-order valence-electron chi connectivity index (χ2n) is 3.34. The minimum absolute atomic E-state index is 0.184. The number of carbonyl (C=O) groups excluding carboxylic acids is 1. The van der Waals surface area contributed by atoms with Crippen molar-refractivity contribution in [3.63, 3.8) is 0 Å². The fourth-order valence-electron chi connectivity index (χ4n) is 0.898. The molecular formula is C10H11Cl2FO4S. The maximum Gasteiger partial charge on any atom is 0.338 e. The zero-order valence-electron chi connectivity index (χ0n) is 9.56. The number of benzene rings is 1. The Hall–Kier alpha value is -0.850. The standard InChI is InChI=1S/C10H11FO2.Cl2O2S/c1-7(2)13-10(12)8-4-3-5-9(11)6-8;1-5(2,3)4/h3-7H,1-2H3;. The summed E-state index contributed by atoms with van der Waals surface area (Å²) in [6.45, 7) is 3.49. The molecule has 1 aromatic carbocycles. The molecule has 0 heterocycles. The van der Waals surface area contributed by atoms with Crippen LogP contribution in [0, 0.1) is 5.82 Å². The molecule has 0 saturated heterocycles. The third-order valence-electron chi connectivity index (χ3n) is 1.40. The van der Waals surface area contributed by atoms with Gasteiger partial charge in [0, 0.05) is 21.4 Å². The first kappa shape index (κ1) is 17.2. The van der Waals surface area contributed by atoms with Gasteiger partial charge in [-0.25, -0.2) is 9.18 Å². The Kier molecular flexibility index (Phi) is 7.20. The van der Waals surface area contributed by atoms with Crippen LogP contribution < -0.4 is 0 Å². The molecule has 1 aromatic rings. The molecule has 4 nitrogen and oxygen atoms in total. The predicted molar refractivity (Wildman–Crippen MR) is 67.6 cm³/mol. The molecule has 0 radical (unpaired) electrons.